The zero-order valence-corrected chi connectivity index (χ0v) is 5.97. The second-order valence-electron chi connectivity index (χ2n) is 2.10. The molecule has 6 nitrogen and oxygen atoms in total. The summed E-state index contributed by atoms with van der Waals surface area (Å²) in [5.41, 5.74) is 0. The van der Waals surface area contributed by atoms with Gasteiger partial charge < -0.3 is 0 Å². The van der Waals surface area contributed by atoms with Crippen LogP contribution >= 0.6 is 10.1 Å². The van der Waals surface area contributed by atoms with E-state index in [1.807, 2.05) is 0 Å². The summed E-state index contributed by atoms with van der Waals surface area (Å²) in [6.07, 6.45) is 0. The molecule has 8 heavy (non-hydrogen) atoms. The summed E-state index contributed by atoms with van der Waals surface area (Å²) in [6.45, 7) is 0. The maximum absolute atomic E-state index is 5.75. The van der Waals surface area contributed by atoms with E-state index in [-0.39, 0.29) is 0 Å². The van der Waals surface area contributed by atoms with Crippen molar-refractivity contribution in [2.75, 3.05) is 0 Å². The van der Waals surface area contributed by atoms with Crippen molar-refractivity contribution in [3.63, 3.8) is 0 Å². The Hall–Kier alpha value is 0.556. The monoisotopic (exact) mass is 190 g/mol. The van der Waals surface area contributed by atoms with Gasteiger partial charge in [-0.15, -0.1) is 0 Å². The van der Waals surface area contributed by atoms with Gasteiger partial charge in [0.15, 0.2) is 0 Å². The van der Waals surface area contributed by atoms with E-state index in [0.717, 1.165) is 0 Å². The van der Waals surface area contributed by atoms with Gasteiger partial charge in [-0.1, -0.05) is 0 Å². The molecule has 58 valence electrons. The van der Waals surface area contributed by atoms with Gasteiger partial charge >= 0.3 is 48.7 Å². The third-order valence-corrected chi connectivity index (χ3v) is 0. The van der Waals surface area contributed by atoms with Crippen LogP contribution in [0.2, 0.25) is 0 Å². The van der Waals surface area contributed by atoms with Crippen LogP contribution in [0.3, 0.4) is 0 Å². The van der Waals surface area contributed by atoms with E-state index in [9.17, 15) is 0 Å². The van der Waals surface area contributed by atoms with Crippen molar-refractivity contribution in [1.29, 1.82) is 0 Å². The van der Waals surface area contributed by atoms with E-state index in [2.05, 4.69) is 0 Å². The van der Waals surface area contributed by atoms with Crippen molar-refractivity contribution in [1.82, 2.24) is 0 Å². The Morgan fingerprint density at radius 1 is 0.750 bits per heavy atom. The number of halogens is 1. The first kappa shape index (κ1) is 8.56. The Balaban J connectivity index is 5.14. The molecule has 0 amide bonds. The molecule has 0 saturated heterocycles. The van der Waals surface area contributed by atoms with Crippen molar-refractivity contribution >= 4 is 10.1 Å². The van der Waals surface area contributed by atoms with Crippen LogP contribution in [0.15, 0.2) is 0 Å². The van der Waals surface area contributed by atoms with Crippen LogP contribution in [-0.2, 0) is 9.88 Å². The average molecular weight is 191 g/mol. The van der Waals surface area contributed by atoms with Gasteiger partial charge in [-0.25, -0.2) is 0 Å². The van der Waals surface area contributed by atoms with Gasteiger partial charge in [0.2, 0.25) is 0 Å². The van der Waals surface area contributed by atoms with Gasteiger partial charge in [0, 0.05) is 0 Å². The van der Waals surface area contributed by atoms with Crippen LogP contribution in [0.4, 0.5) is 0 Å². The van der Waals surface area contributed by atoms with E-state index < -0.39 is 9.88 Å². The molecule has 0 fully saturated rings. The first-order chi connectivity index (χ1) is 2.65. The predicted octanol–water partition coefficient (Wildman–Crippen LogP) is -2.86. The van der Waals surface area contributed by atoms with Gasteiger partial charge in [-0.05, 0) is 0 Å². The Labute approximate surface area is 49.3 Å². The van der Waals surface area contributed by atoms with E-state index in [4.69, 9.17) is 38.8 Å². The molecule has 0 radical (unpaired) electrons. The molecule has 0 rings (SSSR count). The maximum atomic E-state index is 5.10. The fraction of sp³-hybridized carbons (Fsp3) is 0. The molecule has 0 bridgehead atoms. The molecule has 0 atom stereocenters. The minimum absolute atomic E-state index is 4.87. The number of nitrogens with two attached hydrogens (primary N) is 6. The van der Waals surface area contributed by atoms with E-state index in [1.165, 1.54) is 0 Å². The van der Waals surface area contributed by atoms with E-state index >= 15 is 0 Å². The van der Waals surface area contributed by atoms with Crippen molar-refractivity contribution in [2.24, 2.45) is 28.7 Å². The van der Waals surface area contributed by atoms with Crippen LogP contribution in [-0.4, -0.2) is 0 Å². The zero-order chi connectivity index (χ0) is 7.38. The molecule has 12 N–H and O–H groups in total. The van der Waals surface area contributed by atoms with Crippen LogP contribution in [0.25, 0.3) is 0 Å². The fourth-order valence-electron chi connectivity index (χ4n) is 0. The average Bonchev–Trinajstić information content (AvgIpc) is 0.544. The molecular weight excluding hydrogens is 178 g/mol. The third kappa shape index (κ3) is 654. The molecule has 0 spiro atoms. The molecule has 8 heteroatoms. The molecule has 0 aliphatic heterocycles. The Morgan fingerprint density at radius 3 is 0.750 bits per heavy atom. The van der Waals surface area contributed by atoms with Gasteiger partial charge in [0.1, 0.15) is 0 Å². The summed E-state index contributed by atoms with van der Waals surface area (Å²) in [4.78, 5) is 29.2. The summed E-state index contributed by atoms with van der Waals surface area (Å²) < 4.78 is 0. The molecule has 0 heterocycles. The minimum atomic E-state index is -5.75. The Morgan fingerprint density at radius 2 is 0.750 bits per heavy atom. The van der Waals surface area contributed by atoms with E-state index in [1.54, 1.807) is 0 Å². The van der Waals surface area contributed by atoms with Crippen LogP contribution in [0, 0.1) is 0 Å². The van der Waals surface area contributed by atoms with Gasteiger partial charge in [0.25, 0.3) is 0 Å². The molecular formula is H12ClCoN6. The van der Waals surface area contributed by atoms with Crippen molar-refractivity contribution < 1.29 is 9.88 Å². The van der Waals surface area contributed by atoms with Crippen molar-refractivity contribution in [2.45, 2.75) is 0 Å². The van der Waals surface area contributed by atoms with Crippen LogP contribution in [0.5, 0.6) is 0 Å². The fourth-order valence-corrected chi connectivity index (χ4v) is 0. The predicted molar refractivity (Wildman–Crippen MR) is 31.0 cm³/mol. The summed E-state index contributed by atoms with van der Waals surface area (Å²) >= 11 is 0. The summed E-state index contributed by atoms with van der Waals surface area (Å²) in [7, 11) is -0.654. The molecule has 0 unspecified atom stereocenters. The summed E-state index contributed by atoms with van der Waals surface area (Å²) in [6, 6.07) is 0. The summed E-state index contributed by atoms with van der Waals surface area (Å²) in [5, 5.41) is 0. The molecule has 0 saturated carbocycles. The van der Waals surface area contributed by atoms with Crippen molar-refractivity contribution in [3.05, 3.63) is 0 Å². The van der Waals surface area contributed by atoms with E-state index in [0.29, 0.717) is 0 Å². The quantitative estimate of drug-likeness (QED) is 0.241. The zero-order valence-electron chi connectivity index (χ0n) is 4.18. The Bertz CT molecular complexity index is 101. The number of rotatable bonds is 0. The van der Waals surface area contributed by atoms with Gasteiger partial charge in [0.05, 0.1) is 0 Å². The van der Waals surface area contributed by atoms with Crippen molar-refractivity contribution in [3.8, 4) is 0 Å². The molecule has 0 aromatic rings. The topological polar surface area (TPSA) is 156 Å². The normalized spacial score (nSPS) is 27.1. The molecule has 0 aliphatic rings. The summed E-state index contributed by atoms with van der Waals surface area (Å²) in [5.74, 6) is 0. The SMILES string of the molecule is [NH2][Co]([NH2])([NH2])([NH2])([NH2])([NH2])[Cl]. The standard InChI is InChI=1S/ClH.Co.6H2N/h1H;;6*1H2/q;+7;6*-1/p-1. The second-order valence-corrected chi connectivity index (χ2v) is 12.3. The Kier molecular flexibility index (Phi) is 0.748. The first-order valence-electron chi connectivity index (χ1n) is 1.28. The van der Waals surface area contributed by atoms with Crippen LogP contribution < -0.4 is 28.7 Å². The number of hydrogen-bond acceptors (Lipinski definition) is 6. The first-order valence-corrected chi connectivity index (χ1v) is 6.32. The van der Waals surface area contributed by atoms with Crippen LogP contribution in [0.1, 0.15) is 0 Å². The van der Waals surface area contributed by atoms with Gasteiger partial charge in [-0.3, -0.25) is 0 Å². The molecule has 0 aliphatic carbocycles. The second kappa shape index (κ2) is 0.699. The molecule has 0 aromatic carbocycles. The van der Waals surface area contributed by atoms with Gasteiger partial charge in [-0.2, -0.15) is 0 Å². The molecule has 0 aromatic heterocycles. The third-order valence-electron chi connectivity index (χ3n) is 0. The number of hydrogen-bond donors (Lipinski definition) is 6.